The molecule has 80 valence electrons. The van der Waals surface area contributed by atoms with Crippen LogP contribution < -0.4 is 0 Å². The summed E-state index contributed by atoms with van der Waals surface area (Å²) in [5.74, 6) is 0.517. The number of aromatic amines is 1. The zero-order chi connectivity index (χ0) is 10.8. The van der Waals surface area contributed by atoms with Crippen molar-refractivity contribution in [1.29, 1.82) is 0 Å². The predicted octanol–water partition coefficient (Wildman–Crippen LogP) is 2.41. The first-order valence-corrected chi connectivity index (χ1v) is 5.59. The lowest BCUT2D eigenvalue weighted by Gasteiger charge is -2.13. The molecule has 2 atom stereocenters. The smallest absolute Gasteiger partial charge is 0.126 e. The van der Waals surface area contributed by atoms with E-state index < -0.39 is 0 Å². The van der Waals surface area contributed by atoms with Gasteiger partial charge in [0.2, 0.25) is 0 Å². The van der Waals surface area contributed by atoms with Crippen molar-refractivity contribution in [1.82, 2.24) is 9.97 Å². The first-order chi connectivity index (χ1) is 7.82. The molecule has 0 saturated heterocycles. The summed E-state index contributed by atoms with van der Waals surface area (Å²) in [5, 5.41) is 0. The van der Waals surface area contributed by atoms with Crippen LogP contribution in [0.15, 0.2) is 30.7 Å². The quantitative estimate of drug-likeness (QED) is 0.775. The van der Waals surface area contributed by atoms with Gasteiger partial charge in [0.05, 0.1) is 6.33 Å². The summed E-state index contributed by atoms with van der Waals surface area (Å²) < 4.78 is 13.7. The van der Waals surface area contributed by atoms with E-state index in [9.17, 15) is 4.39 Å². The van der Waals surface area contributed by atoms with Crippen LogP contribution in [0.2, 0.25) is 0 Å². The number of hydrogen-bond donors (Lipinski definition) is 1. The number of hydrogen-bond acceptors (Lipinski definition) is 1. The Morgan fingerprint density at radius 2 is 2.38 bits per heavy atom. The second-order valence-corrected chi connectivity index (χ2v) is 4.81. The Balaban J connectivity index is 1.96. The number of fused-ring (bicyclic) bond motifs is 3. The van der Waals surface area contributed by atoms with Crippen LogP contribution in [-0.4, -0.2) is 9.97 Å². The molecular weight excluding hydrogens is 203 g/mol. The van der Waals surface area contributed by atoms with Crippen molar-refractivity contribution < 1.29 is 4.39 Å². The summed E-state index contributed by atoms with van der Waals surface area (Å²) in [4.78, 5) is 7.27. The molecule has 2 nitrogen and oxygen atoms in total. The molecule has 0 aliphatic heterocycles. The topological polar surface area (TPSA) is 28.7 Å². The lowest BCUT2D eigenvalue weighted by molar-refractivity contribution is 0.607. The molecule has 1 fully saturated rings. The van der Waals surface area contributed by atoms with Crippen LogP contribution >= 0.6 is 0 Å². The maximum absolute atomic E-state index is 13.7. The molecule has 0 radical (unpaired) electrons. The number of aromatic nitrogens is 2. The third kappa shape index (κ3) is 0.811. The molecule has 2 unspecified atom stereocenters. The molecule has 1 aromatic carbocycles. The summed E-state index contributed by atoms with van der Waals surface area (Å²) in [6.07, 6.45) is 5.59. The molecule has 4 rings (SSSR count). The highest BCUT2D eigenvalue weighted by atomic mass is 19.1. The van der Waals surface area contributed by atoms with Gasteiger partial charge < -0.3 is 4.98 Å². The van der Waals surface area contributed by atoms with Crippen molar-refractivity contribution in [2.75, 3.05) is 0 Å². The fourth-order valence-corrected chi connectivity index (χ4v) is 3.31. The molecule has 2 aromatic rings. The highest BCUT2D eigenvalue weighted by Gasteiger charge is 2.62. The van der Waals surface area contributed by atoms with E-state index in [1.165, 1.54) is 5.56 Å². The van der Waals surface area contributed by atoms with E-state index in [0.29, 0.717) is 5.92 Å². The Morgan fingerprint density at radius 3 is 3.19 bits per heavy atom. The van der Waals surface area contributed by atoms with Crippen LogP contribution in [0.3, 0.4) is 0 Å². The van der Waals surface area contributed by atoms with E-state index in [1.54, 1.807) is 12.4 Å². The average Bonchev–Trinajstić information content (AvgIpc) is 2.71. The first-order valence-electron chi connectivity index (χ1n) is 5.59. The number of nitrogens with zero attached hydrogens (tertiary/aromatic N) is 1. The van der Waals surface area contributed by atoms with E-state index in [4.69, 9.17) is 0 Å². The molecule has 2 aliphatic rings. The minimum absolute atomic E-state index is 0.0495. The highest BCUT2D eigenvalue weighted by molar-refractivity contribution is 5.53. The summed E-state index contributed by atoms with van der Waals surface area (Å²) in [6, 6.07) is 5.43. The standard InChI is InChI=1S/C13H11FN2/c14-11-3-1-2-10-9(11)4-8-5-13(8,10)12-6-15-7-16-12/h1-3,6-8H,4-5H2,(H,15,16). The van der Waals surface area contributed by atoms with Crippen molar-refractivity contribution in [3.05, 3.63) is 53.4 Å². The van der Waals surface area contributed by atoms with Gasteiger partial charge in [-0.3, -0.25) is 0 Å². The van der Waals surface area contributed by atoms with Crippen LogP contribution in [0.25, 0.3) is 0 Å². The van der Waals surface area contributed by atoms with Gasteiger partial charge in [0, 0.05) is 17.3 Å². The monoisotopic (exact) mass is 214 g/mol. The van der Waals surface area contributed by atoms with Crippen molar-refractivity contribution in [3.63, 3.8) is 0 Å². The maximum atomic E-state index is 13.7. The van der Waals surface area contributed by atoms with Gasteiger partial charge in [-0.25, -0.2) is 9.37 Å². The van der Waals surface area contributed by atoms with Crippen LogP contribution in [0, 0.1) is 11.7 Å². The third-order valence-electron chi connectivity index (χ3n) is 4.13. The van der Waals surface area contributed by atoms with E-state index in [-0.39, 0.29) is 11.2 Å². The molecule has 1 heterocycles. The van der Waals surface area contributed by atoms with E-state index in [0.717, 1.165) is 24.1 Å². The average molecular weight is 214 g/mol. The Hall–Kier alpha value is -1.64. The van der Waals surface area contributed by atoms with Gasteiger partial charge in [-0.15, -0.1) is 0 Å². The SMILES string of the molecule is Fc1cccc2c1CC1CC21c1cnc[nH]1. The van der Waals surface area contributed by atoms with Crippen molar-refractivity contribution in [3.8, 4) is 0 Å². The molecule has 1 N–H and O–H groups in total. The molecule has 0 bridgehead atoms. The zero-order valence-corrected chi connectivity index (χ0v) is 8.70. The summed E-state index contributed by atoms with van der Waals surface area (Å²) in [7, 11) is 0. The number of halogens is 1. The Kier molecular flexibility index (Phi) is 1.35. The minimum atomic E-state index is -0.0522. The van der Waals surface area contributed by atoms with Gasteiger partial charge in [-0.1, -0.05) is 12.1 Å². The first kappa shape index (κ1) is 8.50. The number of benzene rings is 1. The summed E-state index contributed by atoms with van der Waals surface area (Å²) >= 11 is 0. The van der Waals surface area contributed by atoms with E-state index >= 15 is 0 Å². The molecule has 2 aliphatic carbocycles. The van der Waals surface area contributed by atoms with Crippen molar-refractivity contribution in [2.24, 2.45) is 5.92 Å². The largest absolute Gasteiger partial charge is 0.348 e. The van der Waals surface area contributed by atoms with Gasteiger partial charge >= 0.3 is 0 Å². The maximum Gasteiger partial charge on any atom is 0.126 e. The lowest BCUT2D eigenvalue weighted by Crippen LogP contribution is -2.09. The Bertz CT molecular complexity index is 561. The second kappa shape index (κ2) is 2.54. The van der Waals surface area contributed by atoms with E-state index in [2.05, 4.69) is 16.0 Å². The molecule has 1 saturated carbocycles. The fourth-order valence-electron chi connectivity index (χ4n) is 3.31. The Morgan fingerprint density at radius 1 is 1.44 bits per heavy atom. The molecule has 0 amide bonds. The van der Waals surface area contributed by atoms with Gasteiger partial charge in [0.25, 0.3) is 0 Å². The third-order valence-corrected chi connectivity index (χ3v) is 4.13. The number of imidazole rings is 1. The summed E-state index contributed by atoms with van der Waals surface area (Å²) in [5.41, 5.74) is 3.27. The zero-order valence-electron chi connectivity index (χ0n) is 8.70. The van der Waals surface area contributed by atoms with Crippen LogP contribution in [-0.2, 0) is 11.8 Å². The van der Waals surface area contributed by atoms with Crippen LogP contribution in [0.5, 0.6) is 0 Å². The second-order valence-electron chi connectivity index (χ2n) is 4.81. The molecule has 16 heavy (non-hydrogen) atoms. The normalized spacial score (nSPS) is 29.9. The van der Waals surface area contributed by atoms with Gasteiger partial charge in [0.15, 0.2) is 0 Å². The fraction of sp³-hybridized carbons (Fsp3) is 0.308. The molecule has 1 aromatic heterocycles. The van der Waals surface area contributed by atoms with Gasteiger partial charge in [-0.2, -0.15) is 0 Å². The molecular formula is C13H11FN2. The molecule has 3 heteroatoms. The van der Waals surface area contributed by atoms with Gasteiger partial charge in [0.1, 0.15) is 5.82 Å². The summed E-state index contributed by atoms with van der Waals surface area (Å²) in [6.45, 7) is 0. The van der Waals surface area contributed by atoms with Crippen molar-refractivity contribution in [2.45, 2.75) is 18.3 Å². The number of H-pyrrole nitrogens is 1. The number of rotatable bonds is 1. The van der Waals surface area contributed by atoms with E-state index in [1.807, 2.05) is 12.3 Å². The predicted molar refractivity (Wildman–Crippen MR) is 57.6 cm³/mol. The Labute approximate surface area is 92.5 Å². The highest BCUT2D eigenvalue weighted by Crippen LogP contribution is 2.65. The van der Waals surface area contributed by atoms with Crippen LogP contribution in [0.1, 0.15) is 23.2 Å². The lowest BCUT2D eigenvalue weighted by atomic mass is 9.92. The molecule has 0 spiro atoms. The van der Waals surface area contributed by atoms with Gasteiger partial charge in [-0.05, 0) is 36.0 Å². The minimum Gasteiger partial charge on any atom is -0.348 e. The van der Waals surface area contributed by atoms with Crippen LogP contribution in [0.4, 0.5) is 4.39 Å². The number of nitrogens with one attached hydrogen (secondary N) is 1. The van der Waals surface area contributed by atoms with Crippen molar-refractivity contribution >= 4 is 0 Å².